The van der Waals surface area contributed by atoms with Crippen molar-refractivity contribution in [1.29, 1.82) is 0 Å². The molecule has 0 radical (unpaired) electrons. The summed E-state index contributed by atoms with van der Waals surface area (Å²) >= 11 is 0. The molecule has 1 fully saturated rings. The van der Waals surface area contributed by atoms with Crippen molar-refractivity contribution in [3.8, 4) is 5.75 Å². The number of allylic oxidation sites excluding steroid dienone is 2. The van der Waals surface area contributed by atoms with Crippen LogP contribution in [0.15, 0.2) is 53.4 Å². The number of hydrogen-bond donors (Lipinski definition) is 1. The van der Waals surface area contributed by atoms with Gasteiger partial charge in [0, 0.05) is 63.9 Å². The first kappa shape index (κ1) is 30.0. The van der Waals surface area contributed by atoms with Crippen LogP contribution in [-0.4, -0.2) is 73.9 Å². The molecule has 9 heteroatoms. The summed E-state index contributed by atoms with van der Waals surface area (Å²) in [5.41, 5.74) is 4.59. The van der Waals surface area contributed by atoms with E-state index < -0.39 is 0 Å². The molecule has 4 rings (SSSR count). The summed E-state index contributed by atoms with van der Waals surface area (Å²) < 4.78 is 10.5. The van der Waals surface area contributed by atoms with Crippen LogP contribution in [0.4, 0.5) is 5.69 Å². The first-order valence-corrected chi connectivity index (χ1v) is 13.4. The van der Waals surface area contributed by atoms with Crippen molar-refractivity contribution in [3.05, 3.63) is 65.1 Å². The molecule has 2 aliphatic heterocycles. The van der Waals surface area contributed by atoms with E-state index in [0.29, 0.717) is 48.5 Å². The number of ether oxygens (including phenoxy) is 2. The number of piperazine rings is 1. The average molecular weight is 536 g/mol. The van der Waals surface area contributed by atoms with E-state index in [2.05, 4.69) is 40.1 Å². The number of nitrogens with zero attached hydrogens (tertiary/aromatic N) is 4. The number of hydrogen-bond acceptors (Lipinski definition) is 8. The van der Waals surface area contributed by atoms with Gasteiger partial charge >= 0.3 is 0 Å². The van der Waals surface area contributed by atoms with Crippen LogP contribution < -0.4 is 15.0 Å². The summed E-state index contributed by atoms with van der Waals surface area (Å²) in [5, 5.41) is 3.38. The smallest absolute Gasteiger partial charge is 0.259 e. The van der Waals surface area contributed by atoms with E-state index in [1.54, 1.807) is 38.0 Å². The number of nitrogens with one attached hydrogen (secondary N) is 1. The highest BCUT2D eigenvalue weighted by Gasteiger charge is 2.29. The number of amidine groups is 1. The van der Waals surface area contributed by atoms with Crippen molar-refractivity contribution in [2.75, 3.05) is 51.4 Å². The second-order valence-corrected chi connectivity index (χ2v) is 9.77. The molecule has 1 aromatic heterocycles. The number of pyridine rings is 1. The second kappa shape index (κ2) is 14.6. The zero-order valence-electron chi connectivity index (χ0n) is 24.0. The fourth-order valence-corrected chi connectivity index (χ4v) is 4.49. The molecule has 2 aromatic rings. The third-order valence-electron chi connectivity index (χ3n) is 6.66. The Balaban J connectivity index is 0.000000239. The van der Waals surface area contributed by atoms with Gasteiger partial charge in [-0.25, -0.2) is 4.99 Å². The van der Waals surface area contributed by atoms with Crippen LogP contribution >= 0.6 is 0 Å². The monoisotopic (exact) mass is 535 g/mol. The van der Waals surface area contributed by atoms with Crippen LogP contribution in [0.5, 0.6) is 5.75 Å². The Hall–Kier alpha value is -3.56. The minimum Gasteiger partial charge on any atom is -0.491 e. The van der Waals surface area contributed by atoms with Crippen LogP contribution in [0.2, 0.25) is 0 Å². The van der Waals surface area contributed by atoms with Crippen LogP contribution in [0, 0.1) is 0 Å². The van der Waals surface area contributed by atoms with Crippen LogP contribution in [0.1, 0.15) is 62.0 Å². The molecule has 0 aliphatic carbocycles. The minimum atomic E-state index is -0.137. The summed E-state index contributed by atoms with van der Waals surface area (Å²) in [4.78, 5) is 36.6. The van der Waals surface area contributed by atoms with Crippen molar-refractivity contribution >= 4 is 23.2 Å². The van der Waals surface area contributed by atoms with Gasteiger partial charge < -0.3 is 19.7 Å². The molecule has 1 saturated heterocycles. The lowest BCUT2D eigenvalue weighted by Gasteiger charge is -2.31. The van der Waals surface area contributed by atoms with E-state index in [1.807, 2.05) is 24.5 Å². The maximum absolute atomic E-state index is 12.6. The first-order valence-electron chi connectivity index (χ1n) is 13.4. The summed E-state index contributed by atoms with van der Waals surface area (Å²) in [6, 6.07) is 7.59. The maximum atomic E-state index is 12.6. The van der Waals surface area contributed by atoms with Crippen LogP contribution in [0.3, 0.4) is 0 Å². The molecule has 0 bridgehead atoms. The van der Waals surface area contributed by atoms with E-state index in [-0.39, 0.29) is 11.7 Å². The fraction of sp³-hybridized carbons (Fsp3) is 0.467. The topological polar surface area (TPSA) is 96.4 Å². The van der Waals surface area contributed by atoms with Crippen LogP contribution in [0.25, 0.3) is 0 Å². The minimum absolute atomic E-state index is 0.130. The lowest BCUT2D eigenvalue weighted by atomic mass is 10.0. The molecule has 210 valence electrons. The number of carbonyl (C=O) groups is 2. The fourth-order valence-electron chi connectivity index (χ4n) is 4.49. The summed E-state index contributed by atoms with van der Waals surface area (Å²) in [6.45, 7) is 15.1. The van der Waals surface area contributed by atoms with E-state index in [1.165, 1.54) is 18.2 Å². The molecular formula is C30H41N5O4. The molecule has 39 heavy (non-hydrogen) atoms. The Bertz CT molecular complexity index is 1200. The summed E-state index contributed by atoms with van der Waals surface area (Å²) in [5.74, 6) is 1.41. The number of rotatable bonds is 8. The van der Waals surface area contributed by atoms with E-state index in [9.17, 15) is 9.59 Å². The number of ketones is 1. The highest BCUT2D eigenvalue weighted by Crippen LogP contribution is 2.28. The van der Waals surface area contributed by atoms with Gasteiger partial charge in [-0.05, 0) is 49.1 Å². The molecule has 1 aromatic carbocycles. The lowest BCUT2D eigenvalue weighted by molar-refractivity contribution is -0.113. The number of methoxy groups -OCH3 is 1. The predicted octanol–water partition coefficient (Wildman–Crippen LogP) is 4.19. The lowest BCUT2D eigenvalue weighted by Crippen LogP contribution is -2.43. The Morgan fingerprint density at radius 3 is 2.56 bits per heavy atom. The number of amides is 1. The quantitative estimate of drug-likeness (QED) is 0.234. The number of benzene rings is 1. The van der Waals surface area contributed by atoms with Crippen molar-refractivity contribution in [3.63, 3.8) is 0 Å². The Kier molecular flexibility index (Phi) is 11.2. The van der Waals surface area contributed by atoms with Gasteiger partial charge in [-0.2, -0.15) is 0 Å². The van der Waals surface area contributed by atoms with Crippen molar-refractivity contribution in [2.45, 2.75) is 47.1 Å². The van der Waals surface area contributed by atoms with Crippen LogP contribution in [-0.2, 0) is 16.1 Å². The standard InChI is InChI=1S/C18H22N2O4.C12H19N3/c1-5-17(12(2)21)19-13(3)20-11-14-6-7-15(24-9-8-23-4)10-16(14)18(20)22;1-10(2)11-9-14-4-3-12(11)15-7-5-13-6-8-15/h5-7,10H,8-9,11H2,1-4H3;3-4,9-10,13H,5-8H2,1-2H3/b17-5-,19-13?;. The van der Waals surface area contributed by atoms with E-state index >= 15 is 0 Å². The number of fused-ring (bicyclic) bond motifs is 1. The van der Waals surface area contributed by atoms with Gasteiger partial charge in [0.15, 0.2) is 5.78 Å². The molecule has 0 spiro atoms. The van der Waals surface area contributed by atoms with Gasteiger partial charge in [-0.3, -0.25) is 19.5 Å². The third-order valence-corrected chi connectivity index (χ3v) is 6.66. The molecule has 0 saturated carbocycles. The molecule has 1 amide bonds. The summed E-state index contributed by atoms with van der Waals surface area (Å²) in [7, 11) is 1.61. The predicted molar refractivity (Wildman–Crippen MR) is 155 cm³/mol. The van der Waals surface area contributed by atoms with Crippen molar-refractivity contribution < 1.29 is 19.1 Å². The van der Waals surface area contributed by atoms with E-state index in [4.69, 9.17) is 9.47 Å². The molecule has 2 aliphatic rings. The zero-order chi connectivity index (χ0) is 28.4. The van der Waals surface area contributed by atoms with Gasteiger partial charge in [-0.15, -0.1) is 0 Å². The van der Waals surface area contributed by atoms with Gasteiger partial charge in [0.2, 0.25) is 0 Å². The SMILES string of the molecule is C/C=C(\N=C(C)N1Cc2ccc(OCCOC)cc2C1=O)C(C)=O.CC(C)c1cnccc1N1CCNCC1. The second-order valence-electron chi connectivity index (χ2n) is 9.77. The Labute approximate surface area is 231 Å². The average Bonchev–Trinajstić information content (AvgIpc) is 3.28. The Morgan fingerprint density at radius 2 is 1.92 bits per heavy atom. The number of anilines is 1. The first-order chi connectivity index (χ1) is 18.8. The number of Topliss-reactive ketones (excluding diaryl/α,β-unsaturated/α-hetero) is 1. The molecule has 0 unspecified atom stereocenters. The molecule has 1 N–H and O–H groups in total. The normalized spacial score (nSPS) is 15.7. The number of aliphatic imine (C=N–C) groups is 1. The number of carbonyl (C=O) groups excluding carboxylic acids is 2. The van der Waals surface area contributed by atoms with Gasteiger partial charge in [0.05, 0.1) is 13.2 Å². The van der Waals surface area contributed by atoms with Gasteiger partial charge in [0.25, 0.3) is 5.91 Å². The van der Waals surface area contributed by atoms with Crippen molar-refractivity contribution in [1.82, 2.24) is 15.2 Å². The largest absolute Gasteiger partial charge is 0.491 e. The highest BCUT2D eigenvalue weighted by molar-refractivity contribution is 6.10. The molecule has 9 nitrogen and oxygen atoms in total. The molecule has 0 atom stereocenters. The maximum Gasteiger partial charge on any atom is 0.259 e. The zero-order valence-corrected chi connectivity index (χ0v) is 24.0. The van der Waals surface area contributed by atoms with Gasteiger partial charge in [-0.1, -0.05) is 26.0 Å². The summed E-state index contributed by atoms with van der Waals surface area (Å²) in [6.07, 6.45) is 5.53. The highest BCUT2D eigenvalue weighted by atomic mass is 16.5. The number of aromatic nitrogens is 1. The van der Waals surface area contributed by atoms with Gasteiger partial charge in [0.1, 0.15) is 23.9 Å². The van der Waals surface area contributed by atoms with E-state index in [0.717, 1.165) is 31.7 Å². The molecular weight excluding hydrogens is 494 g/mol. The molecule has 3 heterocycles. The Morgan fingerprint density at radius 1 is 1.18 bits per heavy atom. The third kappa shape index (κ3) is 7.97. The van der Waals surface area contributed by atoms with Crippen molar-refractivity contribution in [2.24, 2.45) is 4.99 Å².